The predicted octanol–water partition coefficient (Wildman–Crippen LogP) is 3.84. The minimum absolute atomic E-state index is 0.0623. The molecule has 0 radical (unpaired) electrons. The van der Waals surface area contributed by atoms with E-state index < -0.39 is 19.0 Å². The Morgan fingerprint density at radius 1 is 1.18 bits per heavy atom. The molecule has 176 valence electrons. The lowest BCUT2D eigenvalue weighted by Crippen LogP contribution is -2.21. The van der Waals surface area contributed by atoms with Gasteiger partial charge in [-0.15, -0.1) is 0 Å². The van der Waals surface area contributed by atoms with E-state index in [0.29, 0.717) is 27.5 Å². The summed E-state index contributed by atoms with van der Waals surface area (Å²) in [5.74, 6) is -0.580. The first-order valence-electron chi connectivity index (χ1n) is 9.65. The lowest BCUT2D eigenvalue weighted by Gasteiger charge is -2.13. The van der Waals surface area contributed by atoms with Crippen molar-refractivity contribution < 1.29 is 32.0 Å². The molecule has 0 amide bonds. The van der Waals surface area contributed by atoms with E-state index in [1.54, 1.807) is 13.0 Å². The van der Waals surface area contributed by atoms with Crippen LogP contribution in [0.4, 0.5) is 36.3 Å². The number of nitrogens with zero attached hydrogens (tertiary/aromatic N) is 3. The average Bonchev–Trinajstić information content (AvgIpc) is 3.11. The van der Waals surface area contributed by atoms with Gasteiger partial charge in [0, 0.05) is 28.7 Å². The van der Waals surface area contributed by atoms with Crippen LogP contribution in [0.25, 0.3) is 11.1 Å². The number of anilines is 4. The van der Waals surface area contributed by atoms with Crippen LogP contribution in [-0.4, -0.2) is 27.8 Å². The van der Waals surface area contributed by atoms with Crippen LogP contribution in [0.2, 0.25) is 0 Å². The fourth-order valence-corrected chi connectivity index (χ4v) is 3.08. The van der Waals surface area contributed by atoms with Gasteiger partial charge in [0.1, 0.15) is 23.8 Å². The SMILES string of the molecule is Cc1cnc(Nc2ccc(OC(F)F)c(CF)c2)nc1Nc1ccc2oc(=O)n(OC=O)c2c1. The number of carbonyl (C=O) groups excluding carboxylic acids is 1. The summed E-state index contributed by atoms with van der Waals surface area (Å²) >= 11 is 0. The summed E-state index contributed by atoms with van der Waals surface area (Å²) in [6.07, 6.45) is 1.53. The Kier molecular flexibility index (Phi) is 6.34. The van der Waals surface area contributed by atoms with Gasteiger partial charge in [0.2, 0.25) is 5.95 Å². The zero-order valence-corrected chi connectivity index (χ0v) is 17.4. The fraction of sp³-hybridized carbons (Fsp3) is 0.143. The molecular formula is C21H16F3N5O5. The number of aryl methyl sites for hydroxylation is 1. The molecule has 0 unspecified atom stereocenters. The Labute approximate surface area is 188 Å². The number of rotatable bonds is 9. The lowest BCUT2D eigenvalue weighted by atomic mass is 10.2. The van der Waals surface area contributed by atoms with Gasteiger partial charge >= 0.3 is 18.8 Å². The number of benzene rings is 2. The highest BCUT2D eigenvalue weighted by molar-refractivity contribution is 5.79. The summed E-state index contributed by atoms with van der Waals surface area (Å²) in [5.41, 5.74) is 1.90. The van der Waals surface area contributed by atoms with Crippen molar-refractivity contribution >= 4 is 40.7 Å². The Balaban J connectivity index is 1.59. The Morgan fingerprint density at radius 3 is 2.68 bits per heavy atom. The van der Waals surface area contributed by atoms with Crippen LogP contribution in [0.3, 0.4) is 0 Å². The topological polar surface area (TPSA) is 121 Å². The van der Waals surface area contributed by atoms with Crippen molar-refractivity contribution in [3.63, 3.8) is 0 Å². The number of hydrogen-bond donors (Lipinski definition) is 2. The molecule has 2 heterocycles. The first kappa shape index (κ1) is 22.6. The van der Waals surface area contributed by atoms with Crippen LogP contribution in [0.1, 0.15) is 11.1 Å². The zero-order valence-electron chi connectivity index (χ0n) is 17.4. The number of halogens is 3. The fourth-order valence-electron chi connectivity index (χ4n) is 3.08. The second kappa shape index (κ2) is 9.52. The molecular weight excluding hydrogens is 459 g/mol. The predicted molar refractivity (Wildman–Crippen MR) is 114 cm³/mol. The Bertz CT molecular complexity index is 1410. The molecule has 0 aliphatic rings. The monoisotopic (exact) mass is 475 g/mol. The molecule has 0 aliphatic heterocycles. The Hall–Kier alpha value is -4.55. The maximum atomic E-state index is 13.3. The quantitative estimate of drug-likeness (QED) is 0.348. The first-order chi connectivity index (χ1) is 16.4. The van der Waals surface area contributed by atoms with Gasteiger partial charge in [-0.3, -0.25) is 4.79 Å². The highest BCUT2D eigenvalue weighted by Gasteiger charge is 2.14. The third-order valence-corrected chi connectivity index (χ3v) is 4.60. The van der Waals surface area contributed by atoms with Crippen LogP contribution in [-0.2, 0) is 11.5 Å². The number of hydrogen-bond acceptors (Lipinski definition) is 9. The molecule has 10 nitrogen and oxygen atoms in total. The molecule has 13 heteroatoms. The molecule has 4 rings (SSSR count). The van der Waals surface area contributed by atoms with Gasteiger partial charge in [0.25, 0.3) is 0 Å². The summed E-state index contributed by atoms with van der Waals surface area (Å²) < 4.78 is 48.2. The molecule has 0 aliphatic carbocycles. The number of alkyl halides is 3. The van der Waals surface area contributed by atoms with Crippen molar-refractivity contribution in [2.75, 3.05) is 10.6 Å². The lowest BCUT2D eigenvalue weighted by molar-refractivity contribution is -0.129. The third-order valence-electron chi connectivity index (χ3n) is 4.60. The molecule has 2 N–H and O–H groups in total. The van der Waals surface area contributed by atoms with E-state index in [0.717, 1.165) is 0 Å². The highest BCUT2D eigenvalue weighted by Crippen LogP contribution is 2.28. The van der Waals surface area contributed by atoms with Crippen molar-refractivity contribution in [1.29, 1.82) is 0 Å². The molecule has 0 fully saturated rings. The van der Waals surface area contributed by atoms with Gasteiger partial charge in [-0.2, -0.15) is 13.8 Å². The summed E-state index contributed by atoms with van der Waals surface area (Å²) in [6.45, 7) is -2.22. The number of ether oxygens (including phenoxy) is 1. The summed E-state index contributed by atoms with van der Waals surface area (Å²) in [4.78, 5) is 35.6. The number of aromatic nitrogens is 3. The van der Waals surface area contributed by atoms with E-state index in [2.05, 4.69) is 30.2 Å². The number of oxazole rings is 1. The van der Waals surface area contributed by atoms with Crippen LogP contribution in [0.5, 0.6) is 5.75 Å². The van der Waals surface area contributed by atoms with E-state index in [1.165, 1.54) is 36.5 Å². The average molecular weight is 475 g/mol. The van der Waals surface area contributed by atoms with Crippen LogP contribution in [0.15, 0.2) is 51.8 Å². The molecule has 0 saturated heterocycles. The largest absolute Gasteiger partial charge is 0.453 e. The standard InChI is InChI=1S/C21H16F3N5O5/c1-11-9-25-20(27-13-2-4-16(33-19(23)24)12(6-13)8-22)28-18(11)26-14-3-5-17-15(7-14)29(32-10-30)21(31)34-17/h2-7,9-10,19H,8H2,1H3,(H2,25,26,27,28). The number of fused-ring (bicyclic) bond motifs is 1. The van der Waals surface area contributed by atoms with Gasteiger partial charge in [-0.05, 0) is 43.3 Å². The molecule has 0 saturated carbocycles. The van der Waals surface area contributed by atoms with Crippen LogP contribution >= 0.6 is 0 Å². The normalized spacial score (nSPS) is 11.0. The van der Waals surface area contributed by atoms with E-state index in [1.807, 2.05) is 0 Å². The molecule has 0 spiro atoms. The summed E-state index contributed by atoms with van der Waals surface area (Å²) in [6, 6.07) is 8.62. The number of nitrogens with one attached hydrogen (secondary N) is 2. The first-order valence-corrected chi connectivity index (χ1v) is 9.65. The summed E-state index contributed by atoms with van der Waals surface area (Å²) in [7, 11) is 0. The van der Waals surface area contributed by atoms with Crippen LogP contribution < -0.4 is 26.0 Å². The highest BCUT2D eigenvalue weighted by atomic mass is 19.3. The van der Waals surface area contributed by atoms with Gasteiger partial charge in [0.15, 0.2) is 5.58 Å². The maximum absolute atomic E-state index is 13.3. The minimum atomic E-state index is -3.07. The minimum Gasteiger partial charge on any atom is -0.434 e. The molecule has 2 aromatic heterocycles. The maximum Gasteiger partial charge on any atom is 0.453 e. The van der Waals surface area contributed by atoms with E-state index in [9.17, 15) is 22.8 Å². The smallest absolute Gasteiger partial charge is 0.434 e. The van der Waals surface area contributed by atoms with Gasteiger partial charge in [-0.25, -0.2) is 14.2 Å². The molecule has 0 atom stereocenters. The number of carbonyl (C=O) groups is 1. The molecule has 0 bridgehead atoms. The van der Waals surface area contributed by atoms with Crippen molar-refractivity contribution in [1.82, 2.24) is 14.7 Å². The van der Waals surface area contributed by atoms with Gasteiger partial charge in [-0.1, -0.05) is 4.73 Å². The second-order valence-corrected chi connectivity index (χ2v) is 6.86. The van der Waals surface area contributed by atoms with Crippen molar-refractivity contribution in [2.24, 2.45) is 0 Å². The van der Waals surface area contributed by atoms with Gasteiger partial charge in [0.05, 0.1) is 0 Å². The van der Waals surface area contributed by atoms with Crippen molar-refractivity contribution in [2.45, 2.75) is 20.2 Å². The molecule has 2 aromatic carbocycles. The third kappa shape index (κ3) is 4.77. The second-order valence-electron chi connectivity index (χ2n) is 6.86. The van der Waals surface area contributed by atoms with Crippen molar-refractivity contribution in [3.8, 4) is 5.75 Å². The Morgan fingerprint density at radius 2 is 1.94 bits per heavy atom. The zero-order chi connectivity index (χ0) is 24.2. The van der Waals surface area contributed by atoms with E-state index in [4.69, 9.17) is 4.42 Å². The van der Waals surface area contributed by atoms with Gasteiger partial charge < -0.3 is 24.6 Å². The van der Waals surface area contributed by atoms with Crippen molar-refractivity contribution in [3.05, 3.63) is 64.3 Å². The molecule has 4 aromatic rings. The van der Waals surface area contributed by atoms with E-state index >= 15 is 0 Å². The van der Waals surface area contributed by atoms with E-state index in [-0.39, 0.29) is 34.8 Å². The summed E-state index contributed by atoms with van der Waals surface area (Å²) in [5, 5.41) is 5.95. The molecule has 34 heavy (non-hydrogen) atoms. The van der Waals surface area contributed by atoms with Crippen LogP contribution in [0, 0.1) is 6.92 Å².